The smallest absolute Gasteiger partial charge is 0.331 e. The molecule has 0 aliphatic heterocycles. The number of carboxylic acid groups (broad SMARTS) is 1. The summed E-state index contributed by atoms with van der Waals surface area (Å²) in [6.07, 6.45) is 7.97. The number of aromatic nitrogens is 2. The molecular formula is C32H43F2N3O5. The van der Waals surface area contributed by atoms with Gasteiger partial charge in [-0.3, -0.25) is 19.0 Å². The molecule has 0 radical (unpaired) electrons. The van der Waals surface area contributed by atoms with E-state index in [-0.39, 0.29) is 11.2 Å². The van der Waals surface area contributed by atoms with Gasteiger partial charge in [0.15, 0.2) is 0 Å². The lowest BCUT2D eigenvalue weighted by atomic mass is 10.0. The second kappa shape index (κ2) is 18.4. The Morgan fingerprint density at radius 2 is 1.62 bits per heavy atom. The van der Waals surface area contributed by atoms with Gasteiger partial charge in [0.2, 0.25) is 0 Å². The summed E-state index contributed by atoms with van der Waals surface area (Å²) in [5.74, 6) is -3.49. The predicted octanol–water partition coefficient (Wildman–Crippen LogP) is 5.47. The Labute approximate surface area is 246 Å². The van der Waals surface area contributed by atoms with Crippen molar-refractivity contribution in [3.8, 4) is 0 Å². The zero-order valence-corrected chi connectivity index (χ0v) is 25.4. The van der Waals surface area contributed by atoms with Crippen LogP contribution < -0.4 is 16.6 Å². The summed E-state index contributed by atoms with van der Waals surface area (Å²) in [5, 5.41) is 10.1. The van der Waals surface area contributed by atoms with Gasteiger partial charge in [0, 0.05) is 19.3 Å². The van der Waals surface area contributed by atoms with Crippen LogP contribution in [0.4, 0.5) is 8.78 Å². The van der Waals surface area contributed by atoms with Gasteiger partial charge in [-0.1, -0.05) is 83.2 Å². The first-order valence-electron chi connectivity index (χ1n) is 14.1. The molecule has 0 aliphatic rings. The fraction of sp³-hybridized carbons (Fsp3) is 0.438. The van der Waals surface area contributed by atoms with Crippen LogP contribution in [-0.2, 0) is 24.8 Å². The molecule has 0 fully saturated rings. The van der Waals surface area contributed by atoms with Crippen LogP contribution >= 0.6 is 0 Å². The van der Waals surface area contributed by atoms with Gasteiger partial charge >= 0.3 is 11.7 Å². The average molecular weight is 588 g/mol. The first kappa shape index (κ1) is 35.9. The van der Waals surface area contributed by atoms with E-state index in [0.29, 0.717) is 6.54 Å². The summed E-state index contributed by atoms with van der Waals surface area (Å²) in [6.45, 7) is 10.6. The van der Waals surface area contributed by atoms with Gasteiger partial charge in [-0.05, 0) is 42.5 Å². The Bertz CT molecular complexity index is 1410. The number of rotatable bonds is 10. The van der Waals surface area contributed by atoms with E-state index in [0.717, 1.165) is 41.7 Å². The number of carbonyl (C=O) groups excluding carboxylic acids is 1. The highest BCUT2D eigenvalue weighted by atomic mass is 19.1. The molecule has 10 heteroatoms. The largest absolute Gasteiger partial charge is 0.480 e. The summed E-state index contributed by atoms with van der Waals surface area (Å²) >= 11 is 0. The highest BCUT2D eigenvalue weighted by molar-refractivity contribution is 5.96. The fourth-order valence-corrected chi connectivity index (χ4v) is 3.90. The zero-order chi connectivity index (χ0) is 31.8. The number of hydrogen-bond acceptors (Lipinski definition) is 4. The second-order valence-corrected chi connectivity index (χ2v) is 10.1. The lowest BCUT2D eigenvalue weighted by Gasteiger charge is -2.09. The van der Waals surface area contributed by atoms with E-state index in [2.05, 4.69) is 33.8 Å². The molecule has 1 heterocycles. The third kappa shape index (κ3) is 12.2. The molecule has 0 saturated carbocycles. The lowest BCUT2D eigenvalue weighted by molar-refractivity contribution is -0.135. The predicted molar refractivity (Wildman–Crippen MR) is 161 cm³/mol. The van der Waals surface area contributed by atoms with Crippen LogP contribution in [0.25, 0.3) is 0 Å². The number of aryl methyl sites for hydroxylation is 3. The van der Waals surface area contributed by atoms with Crippen LogP contribution in [0, 0.1) is 24.5 Å². The number of unbranched alkanes of at least 4 members (excludes halogenated alkanes) is 1. The van der Waals surface area contributed by atoms with Crippen molar-refractivity contribution in [3.63, 3.8) is 0 Å². The number of carbonyl (C=O) groups is 2. The Hall–Kier alpha value is -4.08. The van der Waals surface area contributed by atoms with Crippen LogP contribution in [0.3, 0.4) is 0 Å². The van der Waals surface area contributed by atoms with Crippen molar-refractivity contribution in [1.29, 1.82) is 0 Å². The molecule has 2 N–H and O–H groups in total. The topological polar surface area (TPSA) is 110 Å². The highest BCUT2D eigenvalue weighted by Crippen LogP contribution is 2.12. The number of nitrogens with one attached hydrogen (secondary N) is 1. The number of halogens is 2. The van der Waals surface area contributed by atoms with Gasteiger partial charge in [-0.15, -0.1) is 0 Å². The first-order chi connectivity index (χ1) is 19.8. The van der Waals surface area contributed by atoms with Gasteiger partial charge in [0.05, 0.1) is 6.54 Å². The Morgan fingerprint density at radius 3 is 2.17 bits per heavy atom. The van der Waals surface area contributed by atoms with Gasteiger partial charge < -0.3 is 15.0 Å². The number of nitrogens with zero attached hydrogens (tertiary/aromatic N) is 2. The Balaban J connectivity index is 0.000000343. The van der Waals surface area contributed by atoms with Crippen molar-refractivity contribution in [3.05, 3.63) is 103 Å². The van der Waals surface area contributed by atoms with Crippen molar-refractivity contribution in [2.45, 2.75) is 73.3 Å². The van der Waals surface area contributed by atoms with Gasteiger partial charge in [0.25, 0.3) is 11.5 Å². The highest BCUT2D eigenvalue weighted by Gasteiger charge is 2.17. The van der Waals surface area contributed by atoms with Crippen molar-refractivity contribution >= 4 is 11.9 Å². The fourth-order valence-electron chi connectivity index (χ4n) is 3.90. The molecule has 0 saturated heterocycles. The quantitative estimate of drug-likeness (QED) is 0.327. The molecule has 2 aromatic carbocycles. The minimum Gasteiger partial charge on any atom is -0.480 e. The number of amides is 1. The standard InChI is InChI=1S/C15H18N2O2.C9H7F2NO3.C8H18/c1-4-12-7-11(2)8-13(9-12)10-17-14(18)5-6-16(3)15(17)19;10-5-2-1-3-6(11)8(5)9(15)12-4-7(13)14;1-4-6-7-8(3)5-2/h5-9H,4,10H2,1-3H3;1-3H,4H2,(H,12,15)(H,13,14);8H,4-7H2,1-3H3. The molecule has 3 aromatic rings. The maximum Gasteiger partial charge on any atom is 0.331 e. The van der Waals surface area contributed by atoms with Gasteiger partial charge in [-0.25, -0.2) is 13.6 Å². The normalized spacial score (nSPS) is 11.0. The summed E-state index contributed by atoms with van der Waals surface area (Å²) in [5.41, 5.74) is 2.03. The molecule has 230 valence electrons. The van der Waals surface area contributed by atoms with Crippen LogP contribution in [0.2, 0.25) is 0 Å². The molecule has 1 unspecified atom stereocenters. The maximum absolute atomic E-state index is 13.0. The minimum absolute atomic E-state index is 0.261. The third-order valence-electron chi connectivity index (χ3n) is 6.52. The van der Waals surface area contributed by atoms with E-state index in [1.54, 1.807) is 7.05 Å². The minimum atomic E-state index is -1.29. The average Bonchev–Trinajstić information content (AvgIpc) is 2.95. The van der Waals surface area contributed by atoms with Crippen LogP contribution in [0.1, 0.15) is 80.4 Å². The molecule has 8 nitrogen and oxygen atoms in total. The van der Waals surface area contributed by atoms with E-state index in [1.165, 1.54) is 52.6 Å². The van der Waals surface area contributed by atoms with Crippen LogP contribution in [-0.4, -0.2) is 32.7 Å². The van der Waals surface area contributed by atoms with Gasteiger partial charge in [0.1, 0.15) is 23.7 Å². The van der Waals surface area contributed by atoms with Gasteiger partial charge in [-0.2, -0.15) is 0 Å². The van der Waals surface area contributed by atoms with Crippen LogP contribution in [0.5, 0.6) is 0 Å². The summed E-state index contributed by atoms with van der Waals surface area (Å²) in [7, 11) is 1.64. The molecule has 1 atom stereocenters. The van der Waals surface area contributed by atoms with E-state index >= 15 is 0 Å². The molecule has 0 aliphatic carbocycles. The second-order valence-electron chi connectivity index (χ2n) is 10.1. The first-order valence-corrected chi connectivity index (χ1v) is 14.1. The lowest BCUT2D eigenvalue weighted by Crippen LogP contribution is -2.38. The summed E-state index contributed by atoms with van der Waals surface area (Å²) < 4.78 is 28.6. The molecule has 1 aromatic heterocycles. The summed E-state index contributed by atoms with van der Waals surface area (Å²) in [6, 6.07) is 10.5. The van der Waals surface area contributed by atoms with E-state index in [4.69, 9.17) is 5.11 Å². The van der Waals surface area contributed by atoms with E-state index in [9.17, 15) is 28.0 Å². The molecule has 0 spiro atoms. The van der Waals surface area contributed by atoms with Crippen molar-refractivity contribution < 1.29 is 23.5 Å². The number of carboxylic acids is 1. The zero-order valence-electron chi connectivity index (χ0n) is 25.4. The van der Waals surface area contributed by atoms with E-state index in [1.807, 2.05) is 24.4 Å². The van der Waals surface area contributed by atoms with Crippen molar-refractivity contribution in [2.24, 2.45) is 13.0 Å². The Morgan fingerprint density at radius 1 is 1.00 bits per heavy atom. The molecule has 42 heavy (non-hydrogen) atoms. The monoisotopic (exact) mass is 587 g/mol. The Kier molecular flexibility index (Phi) is 15.7. The number of benzene rings is 2. The number of aliphatic carboxylic acids is 1. The maximum atomic E-state index is 13.0. The van der Waals surface area contributed by atoms with Crippen molar-refractivity contribution in [1.82, 2.24) is 14.5 Å². The SMILES string of the molecule is CCCCC(C)CC.CCc1cc(C)cc(Cn2c(=O)ccn(C)c2=O)c1.O=C(O)CNC(=O)c1c(F)cccc1F. The molecule has 0 bridgehead atoms. The number of hydrogen-bond donors (Lipinski definition) is 2. The van der Waals surface area contributed by atoms with Crippen molar-refractivity contribution in [2.75, 3.05) is 6.54 Å². The molecular weight excluding hydrogens is 544 g/mol. The summed E-state index contributed by atoms with van der Waals surface area (Å²) in [4.78, 5) is 45.0. The van der Waals surface area contributed by atoms with Crippen LogP contribution in [0.15, 0.2) is 58.3 Å². The van der Waals surface area contributed by atoms with E-state index < -0.39 is 35.6 Å². The third-order valence-corrected chi connectivity index (χ3v) is 6.52. The molecule has 3 rings (SSSR count). The molecule has 1 amide bonds.